The van der Waals surface area contributed by atoms with Crippen LogP contribution >= 0.6 is 11.6 Å². The van der Waals surface area contributed by atoms with E-state index >= 15 is 0 Å². The van der Waals surface area contributed by atoms with E-state index in [-0.39, 0.29) is 5.91 Å². The van der Waals surface area contributed by atoms with Crippen LogP contribution < -0.4 is 14.9 Å². The maximum Gasteiger partial charge on any atom is 0.271 e. The quantitative estimate of drug-likeness (QED) is 0.639. The monoisotopic (exact) mass is 346 g/mol. The van der Waals surface area contributed by atoms with E-state index in [0.29, 0.717) is 28.7 Å². The number of hydrogen-bond donors (Lipinski definition) is 1. The van der Waals surface area contributed by atoms with Crippen LogP contribution in [0.5, 0.6) is 11.5 Å². The lowest BCUT2D eigenvalue weighted by atomic mass is 10.1. The number of nitrogens with one attached hydrogen (secondary N) is 1. The average molecular weight is 347 g/mol. The van der Waals surface area contributed by atoms with Gasteiger partial charge < -0.3 is 9.47 Å². The predicted octanol–water partition coefficient (Wildman–Crippen LogP) is 3.82. The van der Waals surface area contributed by atoms with Crippen LogP contribution in [0.25, 0.3) is 0 Å². The van der Waals surface area contributed by atoms with Gasteiger partial charge in [-0.05, 0) is 55.3 Å². The molecule has 0 fully saturated rings. The highest BCUT2D eigenvalue weighted by molar-refractivity contribution is 6.31. The van der Waals surface area contributed by atoms with Gasteiger partial charge in [-0.15, -0.1) is 0 Å². The lowest BCUT2D eigenvalue weighted by Gasteiger charge is -2.09. The number of carbonyl (C=O) groups is 1. The van der Waals surface area contributed by atoms with Gasteiger partial charge in [0, 0.05) is 10.6 Å². The van der Waals surface area contributed by atoms with Crippen LogP contribution in [0.4, 0.5) is 0 Å². The Bertz CT molecular complexity index is 760. The third-order valence-corrected chi connectivity index (χ3v) is 3.71. The number of aryl methyl sites for hydroxylation is 1. The predicted molar refractivity (Wildman–Crippen MR) is 95.4 cm³/mol. The molecule has 0 aliphatic heterocycles. The highest BCUT2D eigenvalue weighted by Crippen LogP contribution is 2.27. The van der Waals surface area contributed by atoms with Crippen molar-refractivity contribution in [2.45, 2.75) is 13.8 Å². The molecule has 0 aliphatic carbocycles. The normalized spacial score (nSPS) is 10.7. The molecule has 2 rings (SSSR count). The Balaban J connectivity index is 2.05. The molecule has 2 aromatic carbocycles. The number of carbonyl (C=O) groups excluding carboxylic acids is 1. The summed E-state index contributed by atoms with van der Waals surface area (Å²) in [5, 5.41) is 4.50. The number of hydrazone groups is 1. The van der Waals surface area contributed by atoms with Crippen molar-refractivity contribution in [1.29, 1.82) is 0 Å². The maximum atomic E-state index is 12.0. The number of rotatable bonds is 6. The Morgan fingerprint density at radius 2 is 2.04 bits per heavy atom. The summed E-state index contributed by atoms with van der Waals surface area (Å²) in [7, 11) is 1.57. The van der Waals surface area contributed by atoms with Gasteiger partial charge in [-0.2, -0.15) is 5.10 Å². The molecule has 6 heteroatoms. The molecule has 0 atom stereocenters. The van der Waals surface area contributed by atoms with Gasteiger partial charge in [0.15, 0.2) is 11.5 Å². The van der Waals surface area contributed by atoms with E-state index < -0.39 is 0 Å². The number of methoxy groups -OCH3 is 1. The second-order valence-electron chi connectivity index (χ2n) is 5.01. The van der Waals surface area contributed by atoms with Crippen LogP contribution in [0.2, 0.25) is 5.02 Å². The Labute approximate surface area is 146 Å². The van der Waals surface area contributed by atoms with Gasteiger partial charge in [-0.25, -0.2) is 5.43 Å². The van der Waals surface area contributed by atoms with Gasteiger partial charge in [0.2, 0.25) is 0 Å². The lowest BCUT2D eigenvalue weighted by Crippen LogP contribution is -2.17. The van der Waals surface area contributed by atoms with Crippen molar-refractivity contribution in [1.82, 2.24) is 5.43 Å². The maximum absolute atomic E-state index is 12.0. The molecular formula is C18H19ClN2O3. The number of hydrogen-bond acceptors (Lipinski definition) is 4. The van der Waals surface area contributed by atoms with E-state index in [1.54, 1.807) is 37.4 Å². The Morgan fingerprint density at radius 3 is 2.71 bits per heavy atom. The SMILES string of the molecule is CCOc1ccc(/C=N\NC(=O)c2ccc(C)c(Cl)c2)cc1OC. The molecule has 0 aromatic heterocycles. The minimum absolute atomic E-state index is 0.328. The molecule has 0 spiro atoms. The van der Waals surface area contributed by atoms with Crippen molar-refractivity contribution in [2.24, 2.45) is 5.10 Å². The van der Waals surface area contributed by atoms with Crippen LogP contribution in [0.3, 0.4) is 0 Å². The van der Waals surface area contributed by atoms with Gasteiger partial charge >= 0.3 is 0 Å². The molecule has 0 unspecified atom stereocenters. The van der Waals surface area contributed by atoms with Gasteiger partial charge in [-0.1, -0.05) is 17.7 Å². The molecule has 126 valence electrons. The Kier molecular flexibility index (Phi) is 6.21. The summed E-state index contributed by atoms with van der Waals surface area (Å²) in [4.78, 5) is 12.0. The number of ether oxygens (including phenoxy) is 2. The van der Waals surface area contributed by atoms with Gasteiger partial charge in [0.05, 0.1) is 19.9 Å². The summed E-state index contributed by atoms with van der Waals surface area (Å²) in [6, 6.07) is 10.5. The molecule has 24 heavy (non-hydrogen) atoms. The number of benzene rings is 2. The molecule has 1 N–H and O–H groups in total. The summed E-state index contributed by atoms with van der Waals surface area (Å²) in [5.74, 6) is 0.943. The average Bonchev–Trinajstić information content (AvgIpc) is 2.58. The second kappa shape index (κ2) is 8.36. The molecule has 0 heterocycles. The molecule has 0 saturated carbocycles. The minimum Gasteiger partial charge on any atom is -0.493 e. The van der Waals surface area contributed by atoms with Crippen LogP contribution in [0.15, 0.2) is 41.5 Å². The molecule has 1 amide bonds. The van der Waals surface area contributed by atoms with Crippen molar-refractivity contribution in [3.05, 3.63) is 58.1 Å². The first-order valence-corrected chi connectivity index (χ1v) is 7.83. The van der Waals surface area contributed by atoms with E-state index in [4.69, 9.17) is 21.1 Å². The van der Waals surface area contributed by atoms with Gasteiger partial charge in [-0.3, -0.25) is 4.79 Å². The highest BCUT2D eigenvalue weighted by atomic mass is 35.5. The summed E-state index contributed by atoms with van der Waals surface area (Å²) in [6.07, 6.45) is 1.53. The zero-order valence-corrected chi connectivity index (χ0v) is 14.6. The van der Waals surface area contributed by atoms with Crippen molar-refractivity contribution in [3.63, 3.8) is 0 Å². The standard InChI is InChI=1S/C18H19ClN2O3/c1-4-24-16-8-6-13(9-17(16)23-3)11-20-21-18(22)14-7-5-12(2)15(19)10-14/h5-11H,4H2,1-3H3,(H,21,22)/b20-11-. The second-order valence-corrected chi connectivity index (χ2v) is 5.41. The van der Waals surface area contributed by atoms with E-state index in [1.165, 1.54) is 6.21 Å². The molecule has 0 radical (unpaired) electrons. The van der Waals surface area contributed by atoms with Crippen LogP contribution in [0.1, 0.15) is 28.4 Å². The Morgan fingerprint density at radius 1 is 1.25 bits per heavy atom. The molecule has 5 nitrogen and oxygen atoms in total. The first-order valence-electron chi connectivity index (χ1n) is 7.45. The highest BCUT2D eigenvalue weighted by Gasteiger charge is 2.07. The van der Waals surface area contributed by atoms with Crippen molar-refractivity contribution < 1.29 is 14.3 Å². The van der Waals surface area contributed by atoms with Crippen molar-refractivity contribution in [3.8, 4) is 11.5 Å². The fraction of sp³-hybridized carbons (Fsp3) is 0.222. The van der Waals surface area contributed by atoms with Crippen LogP contribution in [-0.4, -0.2) is 25.8 Å². The van der Waals surface area contributed by atoms with Crippen molar-refractivity contribution in [2.75, 3.05) is 13.7 Å². The zero-order valence-electron chi connectivity index (χ0n) is 13.8. The number of halogens is 1. The zero-order chi connectivity index (χ0) is 17.5. The fourth-order valence-electron chi connectivity index (χ4n) is 2.00. The molecular weight excluding hydrogens is 328 g/mol. The molecule has 0 aliphatic rings. The van der Waals surface area contributed by atoms with Gasteiger partial charge in [0.1, 0.15) is 0 Å². The first-order chi connectivity index (χ1) is 11.5. The molecule has 2 aromatic rings. The number of nitrogens with zero attached hydrogens (tertiary/aromatic N) is 1. The topological polar surface area (TPSA) is 59.9 Å². The molecule has 0 bridgehead atoms. The summed E-state index contributed by atoms with van der Waals surface area (Å²) >= 11 is 6.02. The fourth-order valence-corrected chi connectivity index (χ4v) is 2.18. The van der Waals surface area contributed by atoms with Crippen molar-refractivity contribution >= 4 is 23.7 Å². The summed E-state index contributed by atoms with van der Waals surface area (Å²) in [6.45, 7) is 4.34. The van der Waals surface area contributed by atoms with Crippen LogP contribution in [-0.2, 0) is 0 Å². The van der Waals surface area contributed by atoms with E-state index in [2.05, 4.69) is 10.5 Å². The Hall–Kier alpha value is -2.53. The van der Waals surface area contributed by atoms with E-state index in [1.807, 2.05) is 19.9 Å². The van der Waals surface area contributed by atoms with Crippen LogP contribution in [0, 0.1) is 6.92 Å². The molecule has 0 saturated heterocycles. The summed E-state index contributed by atoms with van der Waals surface area (Å²) in [5.41, 5.74) is 4.61. The van der Waals surface area contributed by atoms with E-state index in [0.717, 1.165) is 11.1 Å². The summed E-state index contributed by atoms with van der Waals surface area (Å²) < 4.78 is 10.7. The largest absolute Gasteiger partial charge is 0.493 e. The van der Waals surface area contributed by atoms with E-state index in [9.17, 15) is 4.79 Å². The minimum atomic E-state index is -0.328. The first kappa shape index (κ1) is 17.8. The number of amides is 1. The van der Waals surface area contributed by atoms with Gasteiger partial charge in [0.25, 0.3) is 5.91 Å². The lowest BCUT2D eigenvalue weighted by molar-refractivity contribution is 0.0955. The third kappa shape index (κ3) is 4.49. The smallest absolute Gasteiger partial charge is 0.271 e. The third-order valence-electron chi connectivity index (χ3n) is 3.30.